The molecule has 1 aromatic rings. The van der Waals surface area contributed by atoms with Crippen molar-refractivity contribution in [3.63, 3.8) is 0 Å². The van der Waals surface area contributed by atoms with Gasteiger partial charge < -0.3 is 9.84 Å². The first-order chi connectivity index (χ1) is 8.56. The molecule has 0 amide bonds. The van der Waals surface area contributed by atoms with Gasteiger partial charge in [-0.05, 0) is 51.4 Å². The molecule has 0 radical (unpaired) electrons. The molecule has 0 bridgehead atoms. The molecule has 18 heavy (non-hydrogen) atoms. The Morgan fingerprint density at radius 1 is 1.11 bits per heavy atom. The molecule has 0 aliphatic heterocycles. The van der Waals surface area contributed by atoms with Gasteiger partial charge in [-0.25, -0.2) is 0 Å². The summed E-state index contributed by atoms with van der Waals surface area (Å²) in [5.74, 6) is 3.06. The van der Waals surface area contributed by atoms with Crippen LogP contribution >= 0.6 is 0 Å². The van der Waals surface area contributed by atoms with E-state index in [1.54, 1.807) is 0 Å². The number of hydrogen-bond acceptors (Lipinski definition) is 4. The third-order valence-electron chi connectivity index (χ3n) is 3.93. The standard InChI is InChI=1S/C14H25N3O/c1-9(2)11-5-7-12(8-6-11)13-16-14(18-17-13)15-10(3)4/h9-12H,5-8H2,1-4H3,(H,15,16,17). The van der Waals surface area contributed by atoms with Gasteiger partial charge in [-0.1, -0.05) is 19.0 Å². The van der Waals surface area contributed by atoms with Gasteiger partial charge in [-0.3, -0.25) is 0 Å². The van der Waals surface area contributed by atoms with E-state index in [0.717, 1.165) is 17.7 Å². The first-order valence-electron chi connectivity index (χ1n) is 7.16. The maximum atomic E-state index is 5.23. The number of nitrogens with zero attached hydrogens (tertiary/aromatic N) is 2. The van der Waals surface area contributed by atoms with Gasteiger partial charge >= 0.3 is 6.01 Å². The fourth-order valence-electron chi connectivity index (χ4n) is 2.75. The molecule has 2 rings (SSSR count). The average Bonchev–Trinajstić information content (AvgIpc) is 2.76. The number of rotatable bonds is 4. The summed E-state index contributed by atoms with van der Waals surface area (Å²) < 4.78 is 5.23. The number of aromatic nitrogens is 2. The molecule has 0 atom stereocenters. The van der Waals surface area contributed by atoms with Crippen LogP contribution < -0.4 is 5.32 Å². The summed E-state index contributed by atoms with van der Waals surface area (Å²) in [5, 5.41) is 7.27. The van der Waals surface area contributed by atoms with Crippen molar-refractivity contribution >= 4 is 6.01 Å². The number of nitrogens with one attached hydrogen (secondary N) is 1. The van der Waals surface area contributed by atoms with Gasteiger partial charge in [0, 0.05) is 12.0 Å². The van der Waals surface area contributed by atoms with Crippen LogP contribution in [-0.4, -0.2) is 16.2 Å². The Morgan fingerprint density at radius 2 is 1.78 bits per heavy atom. The highest BCUT2D eigenvalue weighted by molar-refractivity contribution is 5.20. The largest absolute Gasteiger partial charge is 0.336 e. The molecular weight excluding hydrogens is 226 g/mol. The van der Waals surface area contributed by atoms with Gasteiger partial charge in [0.05, 0.1) is 0 Å². The molecule has 4 heteroatoms. The van der Waals surface area contributed by atoms with Gasteiger partial charge in [0.2, 0.25) is 0 Å². The van der Waals surface area contributed by atoms with Crippen molar-refractivity contribution in [3.8, 4) is 0 Å². The van der Waals surface area contributed by atoms with Crippen LogP contribution in [0.5, 0.6) is 0 Å². The second-order valence-electron chi connectivity index (χ2n) is 6.11. The Labute approximate surface area is 110 Å². The van der Waals surface area contributed by atoms with Gasteiger partial charge in [0.1, 0.15) is 0 Å². The molecule has 4 nitrogen and oxygen atoms in total. The predicted molar refractivity (Wildman–Crippen MR) is 72.6 cm³/mol. The Balaban J connectivity index is 1.91. The summed E-state index contributed by atoms with van der Waals surface area (Å²) in [6.45, 7) is 8.78. The van der Waals surface area contributed by atoms with Gasteiger partial charge in [-0.15, -0.1) is 0 Å². The van der Waals surface area contributed by atoms with Crippen molar-refractivity contribution in [1.29, 1.82) is 0 Å². The normalized spacial score (nSPS) is 24.8. The summed E-state index contributed by atoms with van der Waals surface area (Å²) in [5.41, 5.74) is 0. The Bertz CT molecular complexity index is 365. The van der Waals surface area contributed by atoms with Crippen LogP contribution in [-0.2, 0) is 0 Å². The molecule has 0 saturated heterocycles. The second kappa shape index (κ2) is 5.72. The highest BCUT2D eigenvalue weighted by atomic mass is 16.5. The summed E-state index contributed by atoms with van der Waals surface area (Å²) in [7, 11) is 0. The van der Waals surface area contributed by atoms with Gasteiger partial charge in [0.15, 0.2) is 5.82 Å². The molecule has 0 unspecified atom stereocenters. The predicted octanol–water partition coefficient (Wildman–Crippen LogP) is 3.82. The first-order valence-corrected chi connectivity index (χ1v) is 7.16. The SMILES string of the molecule is CC(C)Nc1nc(C2CCC(C(C)C)CC2)no1. The molecule has 0 spiro atoms. The lowest BCUT2D eigenvalue weighted by Gasteiger charge is -2.29. The first kappa shape index (κ1) is 13.4. The van der Waals surface area contributed by atoms with E-state index in [1.807, 2.05) is 0 Å². The lowest BCUT2D eigenvalue weighted by atomic mass is 9.77. The Hall–Kier alpha value is -1.06. The molecule has 1 aromatic heterocycles. The van der Waals surface area contributed by atoms with Crippen LogP contribution in [0, 0.1) is 11.8 Å². The maximum absolute atomic E-state index is 5.23. The molecule has 0 aromatic carbocycles. The summed E-state index contributed by atoms with van der Waals surface area (Å²) in [6, 6.07) is 0.890. The molecule has 1 heterocycles. The molecule has 1 N–H and O–H groups in total. The highest BCUT2D eigenvalue weighted by Gasteiger charge is 2.27. The van der Waals surface area contributed by atoms with Crippen LogP contribution in [0.4, 0.5) is 6.01 Å². The topological polar surface area (TPSA) is 51.0 Å². The van der Waals surface area contributed by atoms with E-state index >= 15 is 0 Å². The summed E-state index contributed by atoms with van der Waals surface area (Å²) in [4.78, 5) is 4.46. The third-order valence-corrected chi connectivity index (χ3v) is 3.93. The van der Waals surface area contributed by atoms with Crippen LogP contribution in [0.2, 0.25) is 0 Å². The number of hydrogen-bond donors (Lipinski definition) is 1. The smallest absolute Gasteiger partial charge is 0.321 e. The van der Waals surface area contributed by atoms with Crippen molar-refractivity contribution in [3.05, 3.63) is 5.82 Å². The van der Waals surface area contributed by atoms with Crippen LogP contribution in [0.1, 0.15) is 65.1 Å². The van der Waals surface area contributed by atoms with Crippen LogP contribution in [0.25, 0.3) is 0 Å². The minimum Gasteiger partial charge on any atom is -0.336 e. The van der Waals surface area contributed by atoms with E-state index in [1.165, 1.54) is 25.7 Å². The van der Waals surface area contributed by atoms with E-state index < -0.39 is 0 Å². The van der Waals surface area contributed by atoms with Crippen molar-refractivity contribution in [2.24, 2.45) is 11.8 Å². The minimum atomic E-state index is 0.329. The third kappa shape index (κ3) is 3.24. The molecule has 1 fully saturated rings. The van der Waals surface area contributed by atoms with Crippen LogP contribution in [0.15, 0.2) is 4.52 Å². The van der Waals surface area contributed by atoms with E-state index in [0.29, 0.717) is 18.0 Å². The minimum absolute atomic E-state index is 0.329. The molecule has 1 aliphatic rings. The zero-order valence-corrected chi connectivity index (χ0v) is 11.9. The van der Waals surface area contributed by atoms with Gasteiger partial charge in [-0.2, -0.15) is 4.98 Å². The fourth-order valence-corrected chi connectivity index (χ4v) is 2.75. The molecule has 1 aliphatic carbocycles. The number of anilines is 1. The maximum Gasteiger partial charge on any atom is 0.321 e. The monoisotopic (exact) mass is 251 g/mol. The zero-order valence-electron chi connectivity index (χ0n) is 11.9. The van der Waals surface area contributed by atoms with Crippen molar-refractivity contribution in [2.45, 2.75) is 65.3 Å². The van der Waals surface area contributed by atoms with E-state index in [4.69, 9.17) is 4.52 Å². The summed E-state index contributed by atoms with van der Waals surface area (Å²) >= 11 is 0. The Morgan fingerprint density at radius 3 is 2.33 bits per heavy atom. The van der Waals surface area contributed by atoms with Crippen molar-refractivity contribution in [1.82, 2.24) is 10.1 Å². The second-order valence-corrected chi connectivity index (χ2v) is 6.11. The lowest BCUT2D eigenvalue weighted by molar-refractivity contribution is 0.252. The van der Waals surface area contributed by atoms with Crippen molar-refractivity contribution in [2.75, 3.05) is 5.32 Å². The summed E-state index contributed by atoms with van der Waals surface area (Å²) in [6.07, 6.45) is 4.99. The fraction of sp³-hybridized carbons (Fsp3) is 0.857. The zero-order chi connectivity index (χ0) is 13.1. The molecular formula is C14H25N3O. The Kier molecular flexibility index (Phi) is 4.25. The highest BCUT2D eigenvalue weighted by Crippen LogP contribution is 2.37. The molecule has 102 valence electrons. The van der Waals surface area contributed by atoms with E-state index in [2.05, 4.69) is 43.2 Å². The lowest BCUT2D eigenvalue weighted by Crippen LogP contribution is -2.18. The van der Waals surface area contributed by atoms with Crippen molar-refractivity contribution < 1.29 is 4.52 Å². The van der Waals surface area contributed by atoms with Crippen LogP contribution in [0.3, 0.4) is 0 Å². The van der Waals surface area contributed by atoms with Gasteiger partial charge in [0.25, 0.3) is 0 Å². The quantitative estimate of drug-likeness (QED) is 0.883. The average molecular weight is 251 g/mol. The molecule has 1 saturated carbocycles. The van der Waals surface area contributed by atoms with E-state index in [9.17, 15) is 0 Å². The van der Waals surface area contributed by atoms with E-state index in [-0.39, 0.29) is 0 Å².